The Bertz CT molecular complexity index is 678. The van der Waals surface area contributed by atoms with Crippen LogP contribution in [0, 0.1) is 0 Å². The first-order valence-electron chi connectivity index (χ1n) is 8.06. The fraction of sp³-hybridized carbons (Fsp3) is 0.333. The number of aromatic hydroxyl groups is 1. The maximum absolute atomic E-state index is 12.3. The van der Waals surface area contributed by atoms with Crippen LogP contribution in [0.4, 0.5) is 10.6 Å². The number of carbonyl (C=O) groups excluding carboxylic acids is 1. The second-order valence-electron chi connectivity index (χ2n) is 5.99. The van der Waals surface area contributed by atoms with Crippen molar-refractivity contribution in [3.05, 3.63) is 53.7 Å². The van der Waals surface area contributed by atoms with E-state index in [4.69, 9.17) is 5.11 Å². The van der Waals surface area contributed by atoms with Gasteiger partial charge in [0.25, 0.3) is 0 Å². The molecule has 1 aliphatic rings. The van der Waals surface area contributed by atoms with E-state index in [1.54, 1.807) is 11.0 Å². The number of hydrogen-bond acceptors (Lipinski definition) is 4. The number of benzene rings is 1. The lowest BCUT2D eigenvalue weighted by Gasteiger charge is -2.32. The Hall–Kier alpha value is -2.60. The second-order valence-corrected chi connectivity index (χ2v) is 5.99. The summed E-state index contributed by atoms with van der Waals surface area (Å²) in [6.07, 6.45) is 3.13. The molecule has 2 heterocycles. The van der Waals surface area contributed by atoms with E-state index in [-0.39, 0.29) is 18.4 Å². The van der Waals surface area contributed by atoms with Crippen LogP contribution in [-0.4, -0.2) is 39.2 Å². The maximum Gasteiger partial charge on any atom is 0.323 e. The number of piperidine rings is 1. The molecule has 0 bridgehead atoms. The van der Waals surface area contributed by atoms with Gasteiger partial charge in [-0.25, -0.2) is 9.78 Å². The van der Waals surface area contributed by atoms with E-state index in [1.807, 2.05) is 12.1 Å². The minimum absolute atomic E-state index is 0.0597. The van der Waals surface area contributed by atoms with Gasteiger partial charge in [-0.15, -0.1) is 0 Å². The van der Waals surface area contributed by atoms with E-state index < -0.39 is 0 Å². The van der Waals surface area contributed by atoms with Gasteiger partial charge in [0.15, 0.2) is 0 Å². The topological polar surface area (TPSA) is 85.7 Å². The third-order valence-electron chi connectivity index (χ3n) is 4.40. The first kappa shape index (κ1) is 16.3. The van der Waals surface area contributed by atoms with Crippen molar-refractivity contribution in [3.63, 3.8) is 0 Å². The molecule has 24 heavy (non-hydrogen) atoms. The number of aliphatic hydroxyl groups is 1. The van der Waals surface area contributed by atoms with Crippen LogP contribution >= 0.6 is 0 Å². The minimum Gasteiger partial charge on any atom is -0.506 e. The first-order valence-corrected chi connectivity index (χ1v) is 8.06. The van der Waals surface area contributed by atoms with E-state index in [9.17, 15) is 9.90 Å². The van der Waals surface area contributed by atoms with Crippen LogP contribution in [0.3, 0.4) is 0 Å². The van der Waals surface area contributed by atoms with E-state index in [1.165, 1.54) is 17.8 Å². The van der Waals surface area contributed by atoms with Crippen LogP contribution in [0.5, 0.6) is 5.75 Å². The second kappa shape index (κ2) is 7.31. The zero-order valence-electron chi connectivity index (χ0n) is 13.4. The van der Waals surface area contributed by atoms with Crippen molar-refractivity contribution < 1.29 is 15.0 Å². The average molecular weight is 327 g/mol. The van der Waals surface area contributed by atoms with Gasteiger partial charge in [-0.05, 0) is 42.0 Å². The predicted octanol–water partition coefficient (Wildman–Crippen LogP) is 2.69. The lowest BCUT2D eigenvalue weighted by molar-refractivity contribution is 0.194. The molecule has 1 fully saturated rings. The Morgan fingerprint density at radius 3 is 2.46 bits per heavy atom. The van der Waals surface area contributed by atoms with E-state index >= 15 is 0 Å². The van der Waals surface area contributed by atoms with Crippen molar-refractivity contribution in [1.29, 1.82) is 0 Å². The summed E-state index contributed by atoms with van der Waals surface area (Å²) in [5, 5.41) is 21.1. The number of pyridine rings is 1. The SMILES string of the molecule is O=C(Nc1ccc(O)cn1)N1CCC(c2ccc(CO)cc2)CC1. The molecule has 0 saturated carbocycles. The molecule has 0 spiro atoms. The number of likely N-dealkylation sites (tertiary alicyclic amines) is 1. The Kier molecular flexibility index (Phi) is 4.96. The lowest BCUT2D eigenvalue weighted by atomic mass is 9.89. The van der Waals surface area contributed by atoms with Gasteiger partial charge in [0.2, 0.25) is 0 Å². The van der Waals surface area contributed by atoms with Crippen molar-refractivity contribution in [2.45, 2.75) is 25.4 Å². The molecule has 0 radical (unpaired) electrons. The van der Waals surface area contributed by atoms with Gasteiger partial charge in [0.1, 0.15) is 11.6 Å². The highest BCUT2D eigenvalue weighted by Gasteiger charge is 2.24. The standard InChI is InChI=1S/C18H21N3O3/c22-12-13-1-3-14(4-2-13)15-7-9-21(10-8-15)18(24)20-17-6-5-16(23)11-19-17/h1-6,11,15,22-23H,7-10,12H2,(H,19,20,24). The quantitative estimate of drug-likeness (QED) is 0.809. The highest BCUT2D eigenvalue weighted by Crippen LogP contribution is 2.28. The Morgan fingerprint density at radius 2 is 1.88 bits per heavy atom. The molecule has 1 aromatic heterocycles. The number of nitrogens with zero attached hydrogens (tertiary/aromatic N) is 2. The van der Waals surface area contributed by atoms with Gasteiger partial charge < -0.3 is 15.1 Å². The summed E-state index contributed by atoms with van der Waals surface area (Å²) in [4.78, 5) is 18.0. The lowest BCUT2D eigenvalue weighted by Crippen LogP contribution is -2.40. The molecule has 1 saturated heterocycles. The molecule has 1 aliphatic heterocycles. The van der Waals surface area contributed by atoms with Crippen molar-refractivity contribution in [1.82, 2.24) is 9.88 Å². The number of carbonyl (C=O) groups is 1. The smallest absolute Gasteiger partial charge is 0.323 e. The number of amides is 2. The molecule has 3 N–H and O–H groups in total. The number of nitrogens with one attached hydrogen (secondary N) is 1. The number of rotatable bonds is 3. The van der Waals surface area contributed by atoms with Gasteiger partial charge in [-0.1, -0.05) is 24.3 Å². The molecule has 0 aliphatic carbocycles. The van der Waals surface area contributed by atoms with E-state index in [2.05, 4.69) is 22.4 Å². The van der Waals surface area contributed by atoms with E-state index in [0.717, 1.165) is 18.4 Å². The summed E-state index contributed by atoms with van der Waals surface area (Å²) in [5.41, 5.74) is 2.17. The predicted molar refractivity (Wildman–Crippen MR) is 90.8 cm³/mol. The first-order chi connectivity index (χ1) is 11.7. The zero-order valence-corrected chi connectivity index (χ0v) is 13.4. The van der Waals surface area contributed by atoms with Gasteiger partial charge in [0, 0.05) is 13.1 Å². The molecule has 126 valence electrons. The van der Waals surface area contributed by atoms with Crippen LogP contribution in [0.15, 0.2) is 42.6 Å². The van der Waals surface area contributed by atoms with Gasteiger partial charge in [-0.2, -0.15) is 0 Å². The van der Waals surface area contributed by atoms with Crippen LogP contribution < -0.4 is 5.32 Å². The highest BCUT2D eigenvalue weighted by molar-refractivity contribution is 5.88. The molecule has 3 rings (SSSR count). The zero-order chi connectivity index (χ0) is 16.9. The summed E-state index contributed by atoms with van der Waals surface area (Å²) in [6.45, 7) is 1.44. The van der Waals surface area contributed by atoms with Crippen molar-refractivity contribution in [2.75, 3.05) is 18.4 Å². The molecular formula is C18H21N3O3. The third-order valence-corrected chi connectivity index (χ3v) is 4.40. The number of anilines is 1. The number of urea groups is 1. The number of aliphatic hydroxyl groups excluding tert-OH is 1. The Balaban J connectivity index is 1.54. The highest BCUT2D eigenvalue weighted by atomic mass is 16.3. The molecule has 6 heteroatoms. The molecule has 0 unspecified atom stereocenters. The number of aromatic nitrogens is 1. The Morgan fingerprint density at radius 1 is 1.17 bits per heavy atom. The molecule has 0 atom stereocenters. The third kappa shape index (κ3) is 3.83. The van der Waals surface area contributed by atoms with Crippen LogP contribution in [0.25, 0.3) is 0 Å². The van der Waals surface area contributed by atoms with E-state index in [0.29, 0.717) is 24.8 Å². The van der Waals surface area contributed by atoms with Gasteiger partial charge in [0.05, 0.1) is 12.8 Å². The van der Waals surface area contributed by atoms with Gasteiger partial charge >= 0.3 is 6.03 Å². The normalized spacial score (nSPS) is 15.3. The largest absolute Gasteiger partial charge is 0.506 e. The average Bonchev–Trinajstić information content (AvgIpc) is 2.64. The fourth-order valence-corrected chi connectivity index (χ4v) is 2.96. The number of hydrogen-bond donors (Lipinski definition) is 3. The molecule has 2 amide bonds. The summed E-state index contributed by atoms with van der Waals surface area (Å²) < 4.78 is 0. The molecular weight excluding hydrogens is 306 g/mol. The minimum atomic E-state index is -0.165. The summed E-state index contributed by atoms with van der Waals surface area (Å²) in [6, 6.07) is 10.9. The summed E-state index contributed by atoms with van der Waals surface area (Å²) in [7, 11) is 0. The van der Waals surface area contributed by atoms with Crippen LogP contribution in [0.1, 0.15) is 29.9 Å². The van der Waals surface area contributed by atoms with Gasteiger partial charge in [-0.3, -0.25) is 5.32 Å². The fourth-order valence-electron chi connectivity index (χ4n) is 2.96. The van der Waals surface area contributed by atoms with Crippen molar-refractivity contribution in [2.24, 2.45) is 0 Å². The van der Waals surface area contributed by atoms with Crippen LogP contribution in [-0.2, 0) is 6.61 Å². The summed E-state index contributed by atoms with van der Waals surface area (Å²) >= 11 is 0. The van der Waals surface area contributed by atoms with Crippen LogP contribution in [0.2, 0.25) is 0 Å². The van der Waals surface area contributed by atoms with Crippen molar-refractivity contribution in [3.8, 4) is 5.75 Å². The Labute approximate surface area is 140 Å². The molecule has 6 nitrogen and oxygen atoms in total. The summed E-state index contributed by atoms with van der Waals surface area (Å²) in [5.74, 6) is 0.939. The molecule has 2 aromatic rings. The maximum atomic E-state index is 12.3. The van der Waals surface area contributed by atoms with Crippen molar-refractivity contribution >= 4 is 11.8 Å². The molecule has 1 aromatic carbocycles. The monoisotopic (exact) mass is 327 g/mol.